The lowest BCUT2D eigenvalue weighted by atomic mass is 9.90. The van der Waals surface area contributed by atoms with Crippen molar-refractivity contribution in [3.8, 4) is 0 Å². The van der Waals surface area contributed by atoms with E-state index in [1.807, 2.05) is 4.90 Å². The second-order valence-corrected chi connectivity index (χ2v) is 6.72. The van der Waals surface area contributed by atoms with Crippen LogP contribution in [-0.2, 0) is 9.59 Å². The van der Waals surface area contributed by atoms with Gasteiger partial charge in [-0.2, -0.15) is 0 Å². The molecule has 0 bridgehead atoms. The van der Waals surface area contributed by atoms with Crippen molar-refractivity contribution < 1.29 is 19.8 Å². The Hall–Kier alpha value is -1.14. The topological polar surface area (TPSA) is 81.1 Å². The predicted molar refractivity (Wildman–Crippen MR) is 82.0 cm³/mol. The highest BCUT2D eigenvalue weighted by molar-refractivity contribution is 5.77. The fourth-order valence-electron chi connectivity index (χ4n) is 3.61. The Bertz CT molecular complexity index is 394. The first-order valence-corrected chi connectivity index (χ1v) is 8.31. The molecule has 2 N–H and O–H groups in total. The summed E-state index contributed by atoms with van der Waals surface area (Å²) in [7, 11) is 0. The minimum atomic E-state index is -0.522. The van der Waals surface area contributed by atoms with E-state index in [-0.39, 0.29) is 24.3 Å². The van der Waals surface area contributed by atoms with E-state index in [2.05, 4.69) is 0 Å². The molecule has 2 atom stereocenters. The number of rotatable bonds is 4. The number of nitrogens with zero attached hydrogens (tertiary/aromatic N) is 2. The first-order chi connectivity index (χ1) is 10.5. The molecule has 0 aliphatic carbocycles. The molecule has 2 unspecified atom stereocenters. The Kier molecular flexibility index (Phi) is 6.20. The van der Waals surface area contributed by atoms with Gasteiger partial charge in [0.05, 0.1) is 6.10 Å². The van der Waals surface area contributed by atoms with Crippen LogP contribution in [0.15, 0.2) is 0 Å². The van der Waals surface area contributed by atoms with Gasteiger partial charge in [-0.05, 0) is 37.5 Å². The van der Waals surface area contributed by atoms with E-state index in [1.54, 1.807) is 4.90 Å². The van der Waals surface area contributed by atoms with Crippen LogP contribution in [0.5, 0.6) is 0 Å². The van der Waals surface area contributed by atoms with Crippen LogP contribution in [0, 0.1) is 11.8 Å². The van der Waals surface area contributed by atoms with Gasteiger partial charge in [-0.1, -0.05) is 0 Å². The molecule has 2 heterocycles. The van der Waals surface area contributed by atoms with Gasteiger partial charge < -0.3 is 20.0 Å². The number of β-amino-alcohol motifs (C(OH)–C–C–N with tert-alkyl or cyclic N) is 1. The smallest absolute Gasteiger partial charge is 0.222 e. The van der Waals surface area contributed by atoms with Crippen molar-refractivity contribution >= 4 is 11.8 Å². The van der Waals surface area contributed by atoms with Gasteiger partial charge in [0.1, 0.15) is 0 Å². The summed E-state index contributed by atoms with van der Waals surface area (Å²) in [4.78, 5) is 27.4. The summed E-state index contributed by atoms with van der Waals surface area (Å²) in [6, 6.07) is 0. The second kappa shape index (κ2) is 7.92. The fourth-order valence-corrected chi connectivity index (χ4v) is 3.61. The SMILES string of the molecule is CC(=O)N1CC(O)CC(CC(=O)N2CCC(CCO)CC2)C1. The number of likely N-dealkylation sites (tertiary alicyclic amines) is 2. The molecule has 0 saturated carbocycles. The zero-order chi connectivity index (χ0) is 16.1. The molecule has 2 saturated heterocycles. The Balaban J connectivity index is 1.80. The molecule has 2 amide bonds. The van der Waals surface area contributed by atoms with Gasteiger partial charge in [-0.15, -0.1) is 0 Å². The number of hydrogen-bond acceptors (Lipinski definition) is 4. The number of amides is 2. The summed E-state index contributed by atoms with van der Waals surface area (Å²) in [6.45, 7) is 4.19. The van der Waals surface area contributed by atoms with Crippen molar-refractivity contribution in [3.05, 3.63) is 0 Å². The third kappa shape index (κ3) is 4.68. The normalized spacial score (nSPS) is 27.0. The average molecular weight is 312 g/mol. The summed E-state index contributed by atoms with van der Waals surface area (Å²) in [5, 5.41) is 18.8. The first kappa shape index (κ1) is 17.2. The van der Waals surface area contributed by atoms with Gasteiger partial charge in [0.15, 0.2) is 0 Å². The van der Waals surface area contributed by atoms with E-state index in [1.165, 1.54) is 6.92 Å². The lowest BCUT2D eigenvalue weighted by molar-refractivity contribution is -0.138. The zero-order valence-electron chi connectivity index (χ0n) is 13.4. The minimum Gasteiger partial charge on any atom is -0.396 e. The fraction of sp³-hybridized carbons (Fsp3) is 0.875. The summed E-state index contributed by atoms with van der Waals surface area (Å²) >= 11 is 0. The van der Waals surface area contributed by atoms with Crippen molar-refractivity contribution in [2.45, 2.75) is 45.1 Å². The molecule has 0 aromatic carbocycles. The third-order valence-electron chi connectivity index (χ3n) is 4.93. The number of aliphatic hydroxyl groups excluding tert-OH is 2. The molecule has 0 spiro atoms. The summed E-state index contributed by atoms with van der Waals surface area (Å²) < 4.78 is 0. The molecule has 2 aliphatic rings. The summed E-state index contributed by atoms with van der Waals surface area (Å²) in [6.07, 6.45) is 3.22. The van der Waals surface area contributed by atoms with Crippen LogP contribution in [0.1, 0.15) is 39.0 Å². The van der Waals surface area contributed by atoms with Crippen molar-refractivity contribution in [2.75, 3.05) is 32.8 Å². The maximum atomic E-state index is 12.4. The molecular weight excluding hydrogens is 284 g/mol. The van der Waals surface area contributed by atoms with Crippen LogP contribution in [0.2, 0.25) is 0 Å². The maximum Gasteiger partial charge on any atom is 0.222 e. The van der Waals surface area contributed by atoms with E-state index < -0.39 is 6.10 Å². The van der Waals surface area contributed by atoms with Gasteiger partial charge in [0.25, 0.3) is 0 Å². The molecule has 2 fully saturated rings. The lowest BCUT2D eigenvalue weighted by Gasteiger charge is -2.37. The Labute approximate surface area is 132 Å². The Morgan fingerprint density at radius 3 is 2.36 bits per heavy atom. The summed E-state index contributed by atoms with van der Waals surface area (Å²) in [5.41, 5.74) is 0. The quantitative estimate of drug-likeness (QED) is 0.778. The molecule has 6 heteroatoms. The van der Waals surface area contributed by atoms with Crippen LogP contribution >= 0.6 is 0 Å². The van der Waals surface area contributed by atoms with E-state index in [9.17, 15) is 14.7 Å². The zero-order valence-corrected chi connectivity index (χ0v) is 13.4. The highest BCUT2D eigenvalue weighted by Crippen LogP contribution is 2.24. The molecular formula is C16H28N2O4. The molecule has 2 aliphatic heterocycles. The molecule has 0 aromatic heterocycles. The van der Waals surface area contributed by atoms with E-state index in [4.69, 9.17) is 5.11 Å². The molecule has 2 rings (SSSR count). The first-order valence-electron chi connectivity index (χ1n) is 8.31. The van der Waals surface area contributed by atoms with Crippen LogP contribution in [0.25, 0.3) is 0 Å². The van der Waals surface area contributed by atoms with Crippen molar-refractivity contribution in [1.29, 1.82) is 0 Å². The minimum absolute atomic E-state index is 0.0407. The number of aliphatic hydroxyl groups is 2. The average Bonchev–Trinajstić information content (AvgIpc) is 2.47. The van der Waals surface area contributed by atoms with Crippen LogP contribution in [0.3, 0.4) is 0 Å². The van der Waals surface area contributed by atoms with Gasteiger partial charge in [0.2, 0.25) is 11.8 Å². The van der Waals surface area contributed by atoms with Crippen molar-refractivity contribution in [3.63, 3.8) is 0 Å². The summed E-state index contributed by atoms with van der Waals surface area (Å²) in [5.74, 6) is 0.667. The monoisotopic (exact) mass is 312 g/mol. The molecule has 22 heavy (non-hydrogen) atoms. The third-order valence-corrected chi connectivity index (χ3v) is 4.93. The van der Waals surface area contributed by atoms with Crippen LogP contribution in [0.4, 0.5) is 0 Å². The molecule has 126 valence electrons. The van der Waals surface area contributed by atoms with Crippen molar-refractivity contribution in [1.82, 2.24) is 9.80 Å². The molecule has 0 aromatic rings. The lowest BCUT2D eigenvalue weighted by Crippen LogP contribution is -2.47. The standard InChI is InChI=1S/C16H28N2O4/c1-12(20)18-10-14(8-15(21)11-18)9-16(22)17-5-2-13(3-6-17)4-7-19/h13-15,19,21H,2-11H2,1H3. The van der Waals surface area contributed by atoms with Gasteiger partial charge >= 0.3 is 0 Å². The maximum absolute atomic E-state index is 12.4. The second-order valence-electron chi connectivity index (χ2n) is 6.72. The van der Waals surface area contributed by atoms with E-state index >= 15 is 0 Å². The number of carbonyl (C=O) groups is 2. The number of hydrogen-bond donors (Lipinski definition) is 2. The van der Waals surface area contributed by atoms with Gasteiger partial charge in [-0.25, -0.2) is 0 Å². The van der Waals surface area contributed by atoms with Crippen molar-refractivity contribution in [2.24, 2.45) is 11.8 Å². The van der Waals surface area contributed by atoms with Gasteiger partial charge in [-0.3, -0.25) is 9.59 Å². The molecule has 6 nitrogen and oxygen atoms in total. The highest BCUT2D eigenvalue weighted by atomic mass is 16.3. The van der Waals surface area contributed by atoms with Crippen LogP contribution < -0.4 is 0 Å². The van der Waals surface area contributed by atoms with Gasteiger partial charge in [0, 0.05) is 46.1 Å². The number of piperidine rings is 2. The highest BCUT2D eigenvalue weighted by Gasteiger charge is 2.31. The van der Waals surface area contributed by atoms with Crippen LogP contribution in [-0.4, -0.2) is 70.7 Å². The van der Waals surface area contributed by atoms with E-state index in [0.717, 1.165) is 32.4 Å². The largest absolute Gasteiger partial charge is 0.396 e. The van der Waals surface area contributed by atoms with E-state index in [0.29, 0.717) is 31.8 Å². The molecule has 0 radical (unpaired) electrons. The Morgan fingerprint density at radius 1 is 1.09 bits per heavy atom. The Morgan fingerprint density at radius 2 is 1.77 bits per heavy atom. The predicted octanol–water partition coefficient (Wildman–Crippen LogP) is 0.227. The number of carbonyl (C=O) groups excluding carboxylic acids is 2.